The van der Waals surface area contributed by atoms with Crippen LogP contribution in [-0.4, -0.2) is 15.0 Å². The highest BCUT2D eigenvalue weighted by Crippen LogP contribution is 2.22. The van der Waals surface area contributed by atoms with E-state index in [2.05, 4.69) is 10.3 Å². The fourth-order valence-corrected chi connectivity index (χ4v) is 2.02. The van der Waals surface area contributed by atoms with Gasteiger partial charge in [-0.2, -0.15) is 0 Å². The largest absolute Gasteiger partial charge is 0.469 e. The number of aromatic nitrogens is 3. The van der Waals surface area contributed by atoms with E-state index in [1.807, 2.05) is 43.3 Å². The first kappa shape index (κ1) is 11.7. The lowest BCUT2D eigenvalue weighted by atomic mass is 10.1. The Bertz CT molecular complexity index is 672. The highest BCUT2D eigenvalue weighted by molar-refractivity contribution is 5.34. The Balaban J connectivity index is 2.01. The summed E-state index contributed by atoms with van der Waals surface area (Å²) in [6.07, 6.45) is 3.35. The molecule has 0 bridgehead atoms. The van der Waals surface area contributed by atoms with Gasteiger partial charge in [-0.1, -0.05) is 23.4 Å². The van der Waals surface area contributed by atoms with E-state index in [9.17, 15) is 0 Å². The number of furan rings is 1. The van der Waals surface area contributed by atoms with Crippen molar-refractivity contribution in [2.24, 2.45) is 5.73 Å². The lowest BCUT2D eigenvalue weighted by Gasteiger charge is -2.11. The van der Waals surface area contributed by atoms with Crippen LogP contribution >= 0.6 is 0 Å². The smallest absolute Gasteiger partial charge is 0.101 e. The minimum Gasteiger partial charge on any atom is -0.469 e. The number of para-hydroxylation sites is 1. The predicted octanol–water partition coefficient (Wildman–Crippen LogP) is 2.22. The van der Waals surface area contributed by atoms with Crippen molar-refractivity contribution >= 4 is 0 Å². The Morgan fingerprint density at radius 2 is 2.05 bits per heavy atom. The van der Waals surface area contributed by atoms with E-state index in [0.29, 0.717) is 0 Å². The van der Waals surface area contributed by atoms with Gasteiger partial charge in [0, 0.05) is 5.56 Å². The van der Waals surface area contributed by atoms with Crippen LogP contribution in [-0.2, 0) is 0 Å². The zero-order valence-electron chi connectivity index (χ0n) is 10.5. The molecular formula is C14H14N4O. The van der Waals surface area contributed by atoms with Crippen LogP contribution in [0.3, 0.4) is 0 Å². The van der Waals surface area contributed by atoms with Crippen molar-refractivity contribution in [3.8, 4) is 5.69 Å². The van der Waals surface area contributed by atoms with E-state index in [0.717, 1.165) is 22.7 Å². The SMILES string of the molecule is Cc1cc(C(N)c2cnnn2-c2ccccc2)co1. The first-order valence-corrected chi connectivity index (χ1v) is 6.02. The first-order chi connectivity index (χ1) is 9.25. The maximum absolute atomic E-state index is 6.25. The molecule has 0 radical (unpaired) electrons. The summed E-state index contributed by atoms with van der Waals surface area (Å²) in [7, 11) is 0. The van der Waals surface area contributed by atoms with Crippen molar-refractivity contribution in [2.45, 2.75) is 13.0 Å². The third-order valence-corrected chi connectivity index (χ3v) is 3.01. The molecule has 2 aromatic heterocycles. The van der Waals surface area contributed by atoms with Gasteiger partial charge in [0.1, 0.15) is 5.76 Å². The van der Waals surface area contributed by atoms with Gasteiger partial charge in [-0.3, -0.25) is 0 Å². The second kappa shape index (κ2) is 4.70. The van der Waals surface area contributed by atoms with Gasteiger partial charge in [-0.05, 0) is 25.1 Å². The van der Waals surface area contributed by atoms with Gasteiger partial charge in [0.2, 0.25) is 0 Å². The molecule has 0 aliphatic carbocycles. The van der Waals surface area contributed by atoms with Crippen molar-refractivity contribution in [1.82, 2.24) is 15.0 Å². The van der Waals surface area contributed by atoms with E-state index in [1.165, 1.54) is 0 Å². The highest BCUT2D eigenvalue weighted by Gasteiger charge is 2.17. The summed E-state index contributed by atoms with van der Waals surface area (Å²) in [5.41, 5.74) is 8.93. The molecule has 1 unspecified atom stereocenters. The zero-order valence-corrected chi connectivity index (χ0v) is 10.5. The first-order valence-electron chi connectivity index (χ1n) is 6.02. The fraction of sp³-hybridized carbons (Fsp3) is 0.143. The molecule has 19 heavy (non-hydrogen) atoms. The lowest BCUT2D eigenvalue weighted by Crippen LogP contribution is -2.16. The maximum Gasteiger partial charge on any atom is 0.101 e. The van der Waals surface area contributed by atoms with Crippen molar-refractivity contribution in [3.63, 3.8) is 0 Å². The molecule has 0 aliphatic rings. The summed E-state index contributed by atoms with van der Waals surface area (Å²) in [4.78, 5) is 0. The molecule has 3 aromatic rings. The summed E-state index contributed by atoms with van der Waals surface area (Å²) in [5.74, 6) is 0.837. The number of aryl methyl sites for hydroxylation is 1. The summed E-state index contributed by atoms with van der Waals surface area (Å²) in [6, 6.07) is 11.4. The van der Waals surface area contributed by atoms with Gasteiger partial charge in [-0.25, -0.2) is 4.68 Å². The molecular weight excluding hydrogens is 240 g/mol. The molecule has 0 fully saturated rings. The Kier molecular flexibility index (Phi) is 2.89. The maximum atomic E-state index is 6.25. The fourth-order valence-electron chi connectivity index (χ4n) is 2.02. The Hall–Kier alpha value is -2.40. The monoisotopic (exact) mass is 254 g/mol. The zero-order chi connectivity index (χ0) is 13.2. The average molecular weight is 254 g/mol. The van der Waals surface area contributed by atoms with Gasteiger partial charge in [0.25, 0.3) is 0 Å². The summed E-state index contributed by atoms with van der Waals surface area (Å²) < 4.78 is 7.04. The minimum atomic E-state index is -0.312. The highest BCUT2D eigenvalue weighted by atomic mass is 16.3. The summed E-state index contributed by atoms with van der Waals surface area (Å²) >= 11 is 0. The third kappa shape index (κ3) is 2.15. The standard InChI is InChI=1S/C14H14N4O/c1-10-7-11(9-19-10)14(15)13-8-16-17-18(13)12-5-3-2-4-6-12/h2-9,14H,15H2,1H3. The third-order valence-electron chi connectivity index (χ3n) is 3.01. The van der Waals surface area contributed by atoms with Crippen LogP contribution in [0, 0.1) is 6.92 Å². The molecule has 2 heterocycles. The molecule has 0 spiro atoms. The molecule has 0 aliphatic heterocycles. The molecule has 0 amide bonds. The van der Waals surface area contributed by atoms with Crippen molar-refractivity contribution in [3.05, 3.63) is 65.9 Å². The van der Waals surface area contributed by atoms with Gasteiger partial charge in [0.15, 0.2) is 0 Å². The van der Waals surface area contributed by atoms with Crippen LogP contribution in [0.4, 0.5) is 0 Å². The van der Waals surface area contributed by atoms with Crippen molar-refractivity contribution < 1.29 is 4.42 Å². The molecule has 1 aromatic carbocycles. The van der Waals surface area contributed by atoms with E-state index in [4.69, 9.17) is 10.2 Å². The molecule has 3 rings (SSSR count). The Labute approximate surface area is 110 Å². The second-order valence-corrected chi connectivity index (χ2v) is 4.37. The van der Waals surface area contributed by atoms with E-state index in [1.54, 1.807) is 17.1 Å². The lowest BCUT2D eigenvalue weighted by molar-refractivity contribution is 0.530. The van der Waals surface area contributed by atoms with Crippen LogP contribution in [0.2, 0.25) is 0 Å². The molecule has 1 atom stereocenters. The number of nitrogens with two attached hydrogens (primary N) is 1. The van der Waals surface area contributed by atoms with Crippen molar-refractivity contribution in [2.75, 3.05) is 0 Å². The van der Waals surface area contributed by atoms with E-state index >= 15 is 0 Å². The second-order valence-electron chi connectivity index (χ2n) is 4.37. The topological polar surface area (TPSA) is 69.9 Å². The van der Waals surface area contributed by atoms with Gasteiger partial charge < -0.3 is 10.2 Å². The molecule has 96 valence electrons. The van der Waals surface area contributed by atoms with Crippen LogP contribution in [0.25, 0.3) is 5.69 Å². The van der Waals surface area contributed by atoms with Crippen LogP contribution in [0.1, 0.15) is 23.1 Å². The van der Waals surface area contributed by atoms with E-state index in [-0.39, 0.29) is 6.04 Å². The number of hydrogen-bond acceptors (Lipinski definition) is 4. The Morgan fingerprint density at radius 1 is 1.26 bits per heavy atom. The number of nitrogens with zero attached hydrogens (tertiary/aromatic N) is 3. The summed E-state index contributed by atoms with van der Waals surface area (Å²) in [6.45, 7) is 1.89. The molecule has 5 heteroatoms. The Morgan fingerprint density at radius 3 is 2.74 bits per heavy atom. The normalized spacial score (nSPS) is 12.5. The number of benzene rings is 1. The van der Waals surface area contributed by atoms with Crippen LogP contribution in [0.15, 0.2) is 53.3 Å². The number of rotatable bonds is 3. The molecule has 5 nitrogen and oxygen atoms in total. The van der Waals surface area contributed by atoms with Crippen molar-refractivity contribution in [1.29, 1.82) is 0 Å². The quantitative estimate of drug-likeness (QED) is 0.778. The molecule has 0 saturated heterocycles. The number of hydrogen-bond donors (Lipinski definition) is 1. The van der Waals surface area contributed by atoms with E-state index < -0.39 is 0 Å². The summed E-state index contributed by atoms with van der Waals surface area (Å²) in [5, 5.41) is 8.05. The average Bonchev–Trinajstić information content (AvgIpc) is 3.07. The minimum absolute atomic E-state index is 0.312. The molecule has 2 N–H and O–H groups in total. The van der Waals surface area contributed by atoms with Crippen LogP contribution in [0.5, 0.6) is 0 Å². The predicted molar refractivity (Wildman–Crippen MR) is 70.8 cm³/mol. The van der Waals surface area contributed by atoms with Gasteiger partial charge >= 0.3 is 0 Å². The van der Waals surface area contributed by atoms with Crippen LogP contribution < -0.4 is 5.73 Å². The molecule has 0 saturated carbocycles. The van der Waals surface area contributed by atoms with Gasteiger partial charge in [0.05, 0.1) is 29.9 Å². The van der Waals surface area contributed by atoms with Gasteiger partial charge in [-0.15, -0.1) is 5.10 Å².